The van der Waals surface area contributed by atoms with Crippen LogP contribution in [0.25, 0.3) is 0 Å². The van der Waals surface area contributed by atoms with Crippen LogP contribution in [0.2, 0.25) is 0 Å². The molecule has 1 rings (SSSR count). The van der Waals surface area contributed by atoms with Gasteiger partial charge in [0.05, 0.1) is 11.2 Å². The number of carbonyl (C=O) groups excluding carboxylic acids is 1. The summed E-state index contributed by atoms with van der Waals surface area (Å²) in [5.74, 6) is -0.574. The Labute approximate surface area is 115 Å². The minimum atomic E-state index is -4.63. The number of ether oxygens (including phenoxy) is 1. The van der Waals surface area contributed by atoms with Gasteiger partial charge in [0.25, 0.3) is 0 Å². The molecule has 1 N–H and O–H groups in total. The van der Waals surface area contributed by atoms with E-state index in [4.69, 9.17) is 4.74 Å². The predicted molar refractivity (Wildman–Crippen MR) is 67.8 cm³/mol. The van der Waals surface area contributed by atoms with Gasteiger partial charge in [-0.25, -0.2) is 0 Å². The Bertz CT molecular complexity index is 479. The lowest BCUT2D eigenvalue weighted by molar-refractivity contribution is -0.139. The Kier molecular flexibility index (Phi) is 4.81. The van der Waals surface area contributed by atoms with E-state index in [0.29, 0.717) is 6.29 Å². The lowest BCUT2D eigenvalue weighted by Gasteiger charge is -2.28. The number of carbonyl (C=O) groups is 1. The molecule has 112 valence electrons. The maximum Gasteiger partial charge on any atom is 0.419 e. The van der Waals surface area contributed by atoms with Crippen LogP contribution in [0, 0.1) is 5.92 Å². The molecule has 0 fully saturated rings. The van der Waals surface area contributed by atoms with Gasteiger partial charge < -0.3 is 9.84 Å². The Morgan fingerprint density at radius 1 is 1.35 bits per heavy atom. The van der Waals surface area contributed by atoms with Crippen LogP contribution >= 0.6 is 0 Å². The second-order valence-corrected chi connectivity index (χ2v) is 5.17. The third-order valence-electron chi connectivity index (χ3n) is 3.21. The maximum atomic E-state index is 12.9. The van der Waals surface area contributed by atoms with Crippen molar-refractivity contribution in [3.05, 3.63) is 29.3 Å². The molecule has 1 aromatic carbocycles. The molecule has 20 heavy (non-hydrogen) atoms. The van der Waals surface area contributed by atoms with E-state index < -0.39 is 23.1 Å². The smallest absolute Gasteiger partial charge is 0.419 e. The molecule has 0 radical (unpaired) electrons. The zero-order chi connectivity index (χ0) is 15.6. The molecule has 0 bridgehead atoms. The lowest BCUT2D eigenvalue weighted by Crippen LogP contribution is -2.38. The van der Waals surface area contributed by atoms with Gasteiger partial charge in [-0.2, -0.15) is 13.2 Å². The first-order valence-electron chi connectivity index (χ1n) is 6.09. The minimum absolute atomic E-state index is 0.0831. The van der Waals surface area contributed by atoms with Gasteiger partial charge >= 0.3 is 6.18 Å². The highest BCUT2D eigenvalue weighted by molar-refractivity contribution is 5.75. The van der Waals surface area contributed by atoms with Crippen LogP contribution < -0.4 is 4.74 Å². The highest BCUT2D eigenvalue weighted by Gasteiger charge is 2.35. The molecule has 1 atom stereocenters. The van der Waals surface area contributed by atoms with Crippen LogP contribution in [-0.2, 0) is 6.18 Å². The third-order valence-corrected chi connectivity index (χ3v) is 3.21. The van der Waals surface area contributed by atoms with Crippen molar-refractivity contribution in [1.29, 1.82) is 0 Å². The average Bonchev–Trinajstić information content (AvgIpc) is 2.35. The maximum absolute atomic E-state index is 12.9. The van der Waals surface area contributed by atoms with Gasteiger partial charge in [-0.15, -0.1) is 0 Å². The summed E-state index contributed by atoms with van der Waals surface area (Å²) in [5, 5.41) is 9.99. The molecule has 0 saturated carbocycles. The molecule has 0 amide bonds. The molecule has 0 aromatic heterocycles. The number of halogens is 3. The molecule has 1 unspecified atom stereocenters. The zero-order valence-electron chi connectivity index (χ0n) is 11.5. The summed E-state index contributed by atoms with van der Waals surface area (Å²) in [6, 6.07) is 3.05. The molecule has 0 aliphatic heterocycles. The van der Waals surface area contributed by atoms with E-state index in [1.807, 2.05) is 0 Å². The molecule has 0 saturated heterocycles. The summed E-state index contributed by atoms with van der Waals surface area (Å²) < 4.78 is 43.8. The van der Waals surface area contributed by atoms with Crippen LogP contribution in [0.5, 0.6) is 5.75 Å². The van der Waals surface area contributed by atoms with Gasteiger partial charge in [-0.3, -0.25) is 4.79 Å². The SMILES string of the molecule is CC(C)C(C)(O)COc1ccc(C=O)cc1C(F)(F)F. The fraction of sp³-hybridized carbons (Fsp3) is 0.500. The monoisotopic (exact) mass is 290 g/mol. The van der Waals surface area contributed by atoms with Crippen LogP contribution in [0.4, 0.5) is 13.2 Å². The van der Waals surface area contributed by atoms with Gasteiger partial charge in [0.15, 0.2) is 0 Å². The van der Waals surface area contributed by atoms with Crippen molar-refractivity contribution in [2.24, 2.45) is 5.92 Å². The minimum Gasteiger partial charge on any atom is -0.490 e. The summed E-state index contributed by atoms with van der Waals surface area (Å²) >= 11 is 0. The summed E-state index contributed by atoms with van der Waals surface area (Å²) in [7, 11) is 0. The largest absolute Gasteiger partial charge is 0.490 e. The van der Waals surface area contributed by atoms with Crippen LogP contribution in [0.3, 0.4) is 0 Å². The van der Waals surface area contributed by atoms with E-state index in [2.05, 4.69) is 0 Å². The van der Waals surface area contributed by atoms with Crippen molar-refractivity contribution in [2.75, 3.05) is 6.61 Å². The molecular weight excluding hydrogens is 273 g/mol. The predicted octanol–water partition coefficient (Wildman–Crippen LogP) is 3.30. The molecular formula is C14H17F3O3. The fourth-order valence-corrected chi connectivity index (χ4v) is 1.36. The summed E-state index contributed by atoms with van der Waals surface area (Å²) in [6.07, 6.45) is -4.29. The lowest BCUT2D eigenvalue weighted by atomic mass is 9.94. The van der Waals surface area contributed by atoms with Crippen LogP contribution in [-0.4, -0.2) is 23.6 Å². The van der Waals surface area contributed by atoms with Gasteiger partial charge in [0.2, 0.25) is 0 Å². The zero-order valence-corrected chi connectivity index (χ0v) is 11.5. The summed E-state index contributed by atoms with van der Waals surface area (Å²) in [6.45, 7) is 4.70. The fourth-order valence-electron chi connectivity index (χ4n) is 1.36. The van der Waals surface area contributed by atoms with E-state index in [-0.39, 0.29) is 18.1 Å². The number of rotatable bonds is 5. The normalized spacial score (nSPS) is 15.0. The van der Waals surface area contributed by atoms with Crippen molar-refractivity contribution in [3.63, 3.8) is 0 Å². The first kappa shape index (κ1) is 16.5. The van der Waals surface area contributed by atoms with Gasteiger partial charge in [0.1, 0.15) is 18.6 Å². The highest BCUT2D eigenvalue weighted by Crippen LogP contribution is 2.37. The topological polar surface area (TPSA) is 46.5 Å². The summed E-state index contributed by atoms with van der Waals surface area (Å²) in [5.41, 5.74) is -2.35. The first-order chi connectivity index (χ1) is 9.08. The van der Waals surface area contributed by atoms with E-state index in [0.717, 1.165) is 12.1 Å². The standard InChI is InChI=1S/C14H17F3O3/c1-9(2)13(3,19)8-20-12-5-4-10(7-18)6-11(12)14(15,16)17/h4-7,9,19H,8H2,1-3H3. The summed E-state index contributed by atoms with van der Waals surface area (Å²) in [4.78, 5) is 10.6. The Balaban J connectivity index is 3.04. The van der Waals surface area contributed by atoms with Crippen LogP contribution in [0.15, 0.2) is 18.2 Å². The molecule has 3 nitrogen and oxygen atoms in total. The Morgan fingerprint density at radius 3 is 2.40 bits per heavy atom. The van der Waals surface area contributed by atoms with Crippen molar-refractivity contribution in [1.82, 2.24) is 0 Å². The van der Waals surface area contributed by atoms with Crippen molar-refractivity contribution in [2.45, 2.75) is 32.5 Å². The first-order valence-corrected chi connectivity index (χ1v) is 6.09. The average molecular weight is 290 g/mol. The van der Waals surface area contributed by atoms with Crippen molar-refractivity contribution in [3.8, 4) is 5.75 Å². The molecule has 1 aromatic rings. The number of aliphatic hydroxyl groups is 1. The van der Waals surface area contributed by atoms with E-state index >= 15 is 0 Å². The van der Waals surface area contributed by atoms with Gasteiger partial charge in [-0.1, -0.05) is 13.8 Å². The molecule has 0 heterocycles. The quantitative estimate of drug-likeness (QED) is 0.846. The van der Waals surface area contributed by atoms with E-state index in [1.54, 1.807) is 13.8 Å². The van der Waals surface area contributed by atoms with Crippen LogP contribution in [0.1, 0.15) is 36.7 Å². The second kappa shape index (κ2) is 5.83. The van der Waals surface area contributed by atoms with Crippen molar-refractivity contribution >= 4 is 6.29 Å². The number of hydrogen-bond donors (Lipinski definition) is 1. The molecule has 0 spiro atoms. The second-order valence-electron chi connectivity index (χ2n) is 5.17. The number of hydrogen-bond acceptors (Lipinski definition) is 3. The van der Waals surface area contributed by atoms with E-state index in [1.165, 1.54) is 13.0 Å². The molecule has 0 aliphatic carbocycles. The number of benzene rings is 1. The van der Waals surface area contributed by atoms with Gasteiger partial charge in [0, 0.05) is 5.56 Å². The Hall–Kier alpha value is -1.56. The number of aldehydes is 1. The van der Waals surface area contributed by atoms with Gasteiger partial charge in [-0.05, 0) is 31.0 Å². The molecule has 6 heteroatoms. The number of alkyl halides is 3. The third kappa shape index (κ3) is 3.96. The highest BCUT2D eigenvalue weighted by atomic mass is 19.4. The Morgan fingerprint density at radius 2 is 1.95 bits per heavy atom. The molecule has 0 aliphatic rings. The van der Waals surface area contributed by atoms with Crippen molar-refractivity contribution < 1.29 is 27.8 Å². The van der Waals surface area contributed by atoms with E-state index in [9.17, 15) is 23.1 Å².